The van der Waals surface area contributed by atoms with Crippen molar-refractivity contribution in [3.63, 3.8) is 0 Å². The molecule has 2 rings (SSSR count). The highest BCUT2D eigenvalue weighted by molar-refractivity contribution is 7.09. The van der Waals surface area contributed by atoms with Crippen LogP contribution in [0.3, 0.4) is 0 Å². The van der Waals surface area contributed by atoms with E-state index in [2.05, 4.69) is 5.32 Å². The molecule has 0 atom stereocenters. The van der Waals surface area contributed by atoms with Crippen molar-refractivity contribution in [1.29, 1.82) is 0 Å². The van der Waals surface area contributed by atoms with Gasteiger partial charge in [0, 0.05) is 4.88 Å². The number of rotatable bonds is 7. The number of esters is 1. The molecule has 22 heavy (non-hydrogen) atoms. The van der Waals surface area contributed by atoms with Crippen LogP contribution in [0.25, 0.3) is 0 Å². The van der Waals surface area contributed by atoms with Crippen LogP contribution in [0.4, 0.5) is 0 Å². The molecule has 0 saturated carbocycles. The number of carbonyl (C=O) groups is 2. The molecule has 0 unspecified atom stereocenters. The molecule has 0 aliphatic heterocycles. The van der Waals surface area contributed by atoms with E-state index in [1.165, 1.54) is 0 Å². The quantitative estimate of drug-likeness (QED) is 0.797. The van der Waals surface area contributed by atoms with Gasteiger partial charge >= 0.3 is 5.97 Å². The molecule has 116 valence electrons. The first-order valence-electron chi connectivity index (χ1n) is 6.88. The zero-order chi connectivity index (χ0) is 15.8. The molecule has 6 heteroatoms. The first-order chi connectivity index (χ1) is 10.7. The van der Waals surface area contributed by atoms with Gasteiger partial charge in [-0.1, -0.05) is 6.07 Å². The lowest BCUT2D eigenvalue weighted by molar-refractivity contribution is -0.123. The van der Waals surface area contributed by atoms with Gasteiger partial charge in [0.25, 0.3) is 5.91 Å². The van der Waals surface area contributed by atoms with Crippen LogP contribution in [0, 0.1) is 0 Å². The molecule has 2 aromatic rings. The standard InChI is InChI=1S/C16H17NO4S/c1-2-20-16(19)12-5-7-13(8-6-12)21-11-15(18)17-10-14-4-3-9-22-14/h3-9H,2,10-11H2,1H3,(H,17,18). The summed E-state index contributed by atoms with van der Waals surface area (Å²) in [4.78, 5) is 24.2. The van der Waals surface area contributed by atoms with Crippen molar-refractivity contribution in [3.8, 4) is 5.75 Å². The monoisotopic (exact) mass is 319 g/mol. The van der Waals surface area contributed by atoms with Gasteiger partial charge in [0.1, 0.15) is 5.75 Å². The van der Waals surface area contributed by atoms with Crippen molar-refractivity contribution in [2.24, 2.45) is 0 Å². The zero-order valence-corrected chi connectivity index (χ0v) is 13.0. The highest BCUT2D eigenvalue weighted by Gasteiger charge is 2.07. The van der Waals surface area contributed by atoms with Crippen molar-refractivity contribution in [2.75, 3.05) is 13.2 Å². The number of hydrogen-bond acceptors (Lipinski definition) is 5. The third-order valence-corrected chi connectivity index (χ3v) is 3.65. The molecule has 1 N–H and O–H groups in total. The van der Waals surface area contributed by atoms with Crippen molar-refractivity contribution in [3.05, 3.63) is 52.2 Å². The minimum Gasteiger partial charge on any atom is -0.484 e. The third-order valence-electron chi connectivity index (χ3n) is 2.78. The largest absolute Gasteiger partial charge is 0.484 e. The van der Waals surface area contributed by atoms with Gasteiger partial charge in [-0.25, -0.2) is 4.79 Å². The lowest BCUT2D eigenvalue weighted by atomic mass is 10.2. The summed E-state index contributed by atoms with van der Waals surface area (Å²) in [7, 11) is 0. The summed E-state index contributed by atoms with van der Waals surface area (Å²) >= 11 is 1.59. The smallest absolute Gasteiger partial charge is 0.338 e. The molecule has 0 saturated heterocycles. The maximum Gasteiger partial charge on any atom is 0.338 e. The molecular formula is C16H17NO4S. The van der Waals surface area contributed by atoms with Gasteiger partial charge in [-0.05, 0) is 42.6 Å². The van der Waals surface area contributed by atoms with Crippen molar-refractivity contribution < 1.29 is 19.1 Å². The van der Waals surface area contributed by atoms with Gasteiger partial charge in [0.2, 0.25) is 0 Å². The Morgan fingerprint density at radius 1 is 1.18 bits per heavy atom. The maximum absolute atomic E-state index is 11.7. The van der Waals surface area contributed by atoms with E-state index in [1.807, 2.05) is 17.5 Å². The summed E-state index contributed by atoms with van der Waals surface area (Å²) in [6, 6.07) is 10.4. The summed E-state index contributed by atoms with van der Waals surface area (Å²) in [5.41, 5.74) is 0.455. The molecule has 5 nitrogen and oxygen atoms in total. The molecule has 1 aromatic carbocycles. The highest BCUT2D eigenvalue weighted by Crippen LogP contribution is 2.13. The van der Waals surface area contributed by atoms with Crippen molar-refractivity contribution in [1.82, 2.24) is 5.32 Å². The van der Waals surface area contributed by atoms with Crippen LogP contribution in [0.5, 0.6) is 5.75 Å². The summed E-state index contributed by atoms with van der Waals surface area (Å²) in [6.45, 7) is 2.53. The minimum absolute atomic E-state index is 0.0653. The van der Waals surface area contributed by atoms with E-state index in [0.717, 1.165) is 4.88 Å². The van der Waals surface area contributed by atoms with Gasteiger partial charge < -0.3 is 14.8 Å². The molecular weight excluding hydrogens is 302 g/mol. The lowest BCUT2D eigenvalue weighted by Gasteiger charge is -2.07. The number of carbonyl (C=O) groups excluding carboxylic acids is 2. The number of benzene rings is 1. The summed E-state index contributed by atoms with van der Waals surface area (Å²) in [6.07, 6.45) is 0. The Hall–Kier alpha value is -2.34. The SMILES string of the molecule is CCOC(=O)c1ccc(OCC(=O)NCc2cccs2)cc1. The van der Waals surface area contributed by atoms with Crippen molar-refractivity contribution >= 4 is 23.2 Å². The number of thiophene rings is 1. The van der Waals surface area contributed by atoms with Gasteiger partial charge in [0.15, 0.2) is 6.61 Å². The Morgan fingerprint density at radius 2 is 1.95 bits per heavy atom. The minimum atomic E-state index is -0.372. The number of hydrogen-bond donors (Lipinski definition) is 1. The van der Waals surface area contributed by atoms with E-state index in [4.69, 9.17) is 9.47 Å². The number of amides is 1. The van der Waals surface area contributed by atoms with Crippen LogP contribution >= 0.6 is 11.3 Å². The topological polar surface area (TPSA) is 64.6 Å². The molecule has 0 fully saturated rings. The van der Waals surface area contributed by atoms with Crippen LogP contribution < -0.4 is 10.1 Å². The number of nitrogens with one attached hydrogen (secondary N) is 1. The Kier molecular flexibility index (Phi) is 5.97. The van der Waals surface area contributed by atoms with Crippen molar-refractivity contribution in [2.45, 2.75) is 13.5 Å². The average molecular weight is 319 g/mol. The second-order valence-electron chi connectivity index (χ2n) is 4.39. The van der Waals surface area contributed by atoms with Gasteiger partial charge in [0.05, 0.1) is 18.7 Å². The van der Waals surface area contributed by atoms with E-state index >= 15 is 0 Å². The first-order valence-corrected chi connectivity index (χ1v) is 7.76. The second kappa shape index (κ2) is 8.19. The molecule has 1 aromatic heterocycles. The van der Waals surface area contributed by atoms with E-state index in [9.17, 15) is 9.59 Å². The van der Waals surface area contributed by atoms with E-state index in [-0.39, 0.29) is 18.5 Å². The lowest BCUT2D eigenvalue weighted by Crippen LogP contribution is -2.28. The predicted molar refractivity (Wildman–Crippen MR) is 84.1 cm³/mol. The zero-order valence-electron chi connectivity index (χ0n) is 12.2. The molecule has 0 aliphatic carbocycles. The summed E-state index contributed by atoms with van der Waals surface area (Å²) in [5, 5.41) is 4.74. The summed E-state index contributed by atoms with van der Waals surface area (Å²) in [5.74, 6) is -0.0371. The highest BCUT2D eigenvalue weighted by atomic mass is 32.1. The van der Waals surface area contributed by atoms with E-state index < -0.39 is 0 Å². The molecule has 0 aliphatic rings. The van der Waals surface area contributed by atoms with E-state index in [0.29, 0.717) is 24.5 Å². The van der Waals surface area contributed by atoms with Gasteiger partial charge in [-0.15, -0.1) is 11.3 Å². The van der Waals surface area contributed by atoms with Crippen LogP contribution in [0.1, 0.15) is 22.2 Å². The molecule has 0 spiro atoms. The molecule has 0 radical (unpaired) electrons. The Balaban J connectivity index is 1.76. The normalized spacial score (nSPS) is 10.0. The fourth-order valence-corrected chi connectivity index (χ4v) is 2.35. The number of ether oxygens (including phenoxy) is 2. The third kappa shape index (κ3) is 4.89. The van der Waals surface area contributed by atoms with Crippen LogP contribution in [0.2, 0.25) is 0 Å². The predicted octanol–water partition coefficient (Wildman–Crippen LogP) is 2.62. The Labute approximate surface area is 132 Å². The Morgan fingerprint density at radius 3 is 2.59 bits per heavy atom. The Bertz CT molecular complexity index is 608. The van der Waals surface area contributed by atoms with E-state index in [1.54, 1.807) is 42.5 Å². The van der Waals surface area contributed by atoms with Crippen LogP contribution in [0.15, 0.2) is 41.8 Å². The average Bonchev–Trinajstić information content (AvgIpc) is 3.05. The molecule has 1 amide bonds. The summed E-state index contributed by atoms with van der Waals surface area (Å²) < 4.78 is 10.3. The first kappa shape index (κ1) is 16.0. The van der Waals surface area contributed by atoms with Crippen LogP contribution in [-0.2, 0) is 16.1 Å². The van der Waals surface area contributed by atoms with Gasteiger partial charge in [-0.2, -0.15) is 0 Å². The maximum atomic E-state index is 11.7. The molecule has 1 heterocycles. The molecule has 0 bridgehead atoms. The van der Waals surface area contributed by atoms with Crippen LogP contribution in [-0.4, -0.2) is 25.1 Å². The fourth-order valence-electron chi connectivity index (χ4n) is 1.70. The van der Waals surface area contributed by atoms with Gasteiger partial charge in [-0.3, -0.25) is 4.79 Å². The fraction of sp³-hybridized carbons (Fsp3) is 0.250. The second-order valence-corrected chi connectivity index (χ2v) is 5.42.